The van der Waals surface area contributed by atoms with Gasteiger partial charge < -0.3 is 15.8 Å². The number of carbonyl (C=O) groups is 1. The van der Waals surface area contributed by atoms with Crippen molar-refractivity contribution in [2.75, 3.05) is 11.9 Å². The molecule has 4 nitrogen and oxygen atoms in total. The number of nitrogens with two attached hydrogens (primary N) is 1. The Morgan fingerprint density at radius 1 is 1.45 bits per heavy atom. The van der Waals surface area contributed by atoms with Crippen molar-refractivity contribution in [2.45, 2.75) is 33.8 Å². The van der Waals surface area contributed by atoms with E-state index >= 15 is 0 Å². The second-order valence-corrected chi connectivity index (χ2v) is 5.76. The van der Waals surface area contributed by atoms with Crippen LogP contribution < -0.4 is 15.8 Å². The highest BCUT2D eigenvalue weighted by Gasteiger charge is 2.25. The van der Waals surface area contributed by atoms with Crippen molar-refractivity contribution < 1.29 is 9.53 Å². The van der Waals surface area contributed by atoms with Crippen molar-refractivity contribution in [1.29, 1.82) is 0 Å². The normalized spacial score (nSPS) is 10.9. The molecule has 0 spiro atoms. The highest BCUT2D eigenvalue weighted by Crippen LogP contribution is 2.29. The van der Waals surface area contributed by atoms with Gasteiger partial charge in [-0.25, -0.2) is 0 Å². The van der Waals surface area contributed by atoms with Gasteiger partial charge in [-0.05, 0) is 45.9 Å². The first-order valence-corrected chi connectivity index (χ1v) is 6.62. The molecule has 0 unspecified atom stereocenters. The molecule has 114 valence electrons. The molecule has 6 heteroatoms. The largest absolute Gasteiger partial charge is 0.489 e. The van der Waals surface area contributed by atoms with E-state index in [4.69, 9.17) is 22.1 Å². The van der Waals surface area contributed by atoms with Crippen LogP contribution >= 0.6 is 24.0 Å². The van der Waals surface area contributed by atoms with Crippen molar-refractivity contribution in [3.8, 4) is 5.75 Å². The fraction of sp³-hybridized carbons (Fsp3) is 0.500. The molecule has 0 atom stereocenters. The highest BCUT2D eigenvalue weighted by atomic mass is 35.5. The fourth-order valence-corrected chi connectivity index (χ4v) is 1.55. The van der Waals surface area contributed by atoms with Crippen LogP contribution in [0.5, 0.6) is 5.75 Å². The third-order valence-electron chi connectivity index (χ3n) is 2.68. The average Bonchev–Trinajstić information content (AvgIpc) is 2.32. The van der Waals surface area contributed by atoms with E-state index in [0.717, 1.165) is 0 Å². The molecule has 0 bridgehead atoms. The molecule has 0 radical (unpaired) electrons. The molecule has 3 N–H and O–H groups in total. The molecule has 0 saturated heterocycles. The Labute approximate surface area is 131 Å². The van der Waals surface area contributed by atoms with Gasteiger partial charge in [0.2, 0.25) is 5.91 Å². The fourth-order valence-electron chi connectivity index (χ4n) is 1.32. The SMILES string of the molecule is CC(C)Oc1ccc(NC(=O)C(C)(C)CN)cc1Cl.Cl. The van der Waals surface area contributed by atoms with E-state index in [1.165, 1.54) is 0 Å². The molecule has 0 heterocycles. The van der Waals surface area contributed by atoms with Crippen molar-refractivity contribution in [1.82, 2.24) is 0 Å². The van der Waals surface area contributed by atoms with Gasteiger partial charge in [-0.1, -0.05) is 11.6 Å². The predicted molar refractivity (Wildman–Crippen MR) is 85.9 cm³/mol. The van der Waals surface area contributed by atoms with Crippen LogP contribution in [-0.2, 0) is 4.79 Å². The minimum atomic E-state index is -0.612. The van der Waals surface area contributed by atoms with E-state index in [1.54, 1.807) is 32.0 Å². The first-order valence-electron chi connectivity index (χ1n) is 6.24. The molecule has 1 aromatic rings. The highest BCUT2D eigenvalue weighted by molar-refractivity contribution is 6.32. The van der Waals surface area contributed by atoms with Crippen molar-refractivity contribution in [3.63, 3.8) is 0 Å². The maximum atomic E-state index is 12.0. The smallest absolute Gasteiger partial charge is 0.231 e. The monoisotopic (exact) mass is 320 g/mol. The van der Waals surface area contributed by atoms with Crippen molar-refractivity contribution >= 4 is 35.6 Å². The number of carbonyl (C=O) groups excluding carboxylic acids is 1. The molecule has 0 saturated carbocycles. The lowest BCUT2D eigenvalue weighted by Gasteiger charge is -2.21. The van der Waals surface area contributed by atoms with Crippen LogP contribution in [0.2, 0.25) is 5.02 Å². The van der Waals surface area contributed by atoms with E-state index in [9.17, 15) is 4.79 Å². The first-order chi connectivity index (χ1) is 8.76. The number of hydrogen-bond donors (Lipinski definition) is 2. The summed E-state index contributed by atoms with van der Waals surface area (Å²) in [6, 6.07) is 5.17. The summed E-state index contributed by atoms with van der Waals surface area (Å²) in [5.74, 6) is 0.469. The molecular formula is C14H22Cl2N2O2. The van der Waals surface area contributed by atoms with Gasteiger partial charge >= 0.3 is 0 Å². The molecule has 1 amide bonds. The number of amides is 1. The molecule has 0 aliphatic rings. The first kappa shape index (κ1) is 19.0. The minimum Gasteiger partial charge on any atom is -0.489 e. The maximum absolute atomic E-state index is 12.0. The van der Waals surface area contributed by atoms with Crippen LogP contribution in [0.15, 0.2) is 18.2 Å². The van der Waals surface area contributed by atoms with Crippen LogP contribution in [0.4, 0.5) is 5.69 Å². The Balaban J connectivity index is 0.00000361. The molecule has 0 aliphatic heterocycles. The minimum absolute atomic E-state index is 0. The van der Waals surface area contributed by atoms with E-state index in [2.05, 4.69) is 5.32 Å². The van der Waals surface area contributed by atoms with Crippen LogP contribution in [0, 0.1) is 5.41 Å². The number of rotatable bonds is 5. The van der Waals surface area contributed by atoms with Gasteiger partial charge in [0, 0.05) is 12.2 Å². The number of ether oxygens (including phenoxy) is 1. The second kappa shape index (κ2) is 7.72. The third-order valence-corrected chi connectivity index (χ3v) is 2.97. The van der Waals surface area contributed by atoms with E-state index in [-0.39, 0.29) is 31.0 Å². The lowest BCUT2D eigenvalue weighted by molar-refractivity contribution is -0.123. The van der Waals surface area contributed by atoms with Crippen LogP contribution in [-0.4, -0.2) is 18.6 Å². The van der Waals surface area contributed by atoms with Gasteiger partial charge in [0.15, 0.2) is 0 Å². The summed E-state index contributed by atoms with van der Waals surface area (Å²) in [6.45, 7) is 7.72. The Morgan fingerprint density at radius 3 is 2.50 bits per heavy atom. The second-order valence-electron chi connectivity index (χ2n) is 5.35. The lowest BCUT2D eigenvalue weighted by Crippen LogP contribution is -2.37. The number of nitrogens with one attached hydrogen (secondary N) is 1. The topological polar surface area (TPSA) is 64.3 Å². The van der Waals surface area contributed by atoms with Crippen LogP contribution in [0.1, 0.15) is 27.7 Å². The molecule has 1 aromatic carbocycles. The van der Waals surface area contributed by atoms with Gasteiger partial charge in [0.05, 0.1) is 16.5 Å². The Kier molecular flexibility index (Phi) is 7.34. The summed E-state index contributed by atoms with van der Waals surface area (Å²) < 4.78 is 5.53. The van der Waals surface area contributed by atoms with E-state index < -0.39 is 5.41 Å². The predicted octanol–water partition coefficient (Wildman–Crippen LogP) is 3.47. The lowest BCUT2D eigenvalue weighted by atomic mass is 9.92. The van der Waals surface area contributed by atoms with Crippen molar-refractivity contribution in [2.24, 2.45) is 11.1 Å². The maximum Gasteiger partial charge on any atom is 0.231 e. The van der Waals surface area contributed by atoms with Crippen LogP contribution in [0.25, 0.3) is 0 Å². The summed E-state index contributed by atoms with van der Waals surface area (Å²) in [6.07, 6.45) is 0.0501. The van der Waals surface area contributed by atoms with Gasteiger partial charge in [-0.3, -0.25) is 4.79 Å². The molecular weight excluding hydrogens is 299 g/mol. The zero-order valence-corrected chi connectivity index (χ0v) is 13.8. The Morgan fingerprint density at radius 2 is 2.05 bits per heavy atom. The van der Waals surface area contributed by atoms with Gasteiger partial charge in [0.25, 0.3) is 0 Å². The average molecular weight is 321 g/mol. The third kappa shape index (κ3) is 5.19. The van der Waals surface area contributed by atoms with Crippen LogP contribution in [0.3, 0.4) is 0 Å². The molecule has 0 fully saturated rings. The molecule has 20 heavy (non-hydrogen) atoms. The van der Waals surface area contributed by atoms with E-state index in [0.29, 0.717) is 16.5 Å². The number of anilines is 1. The van der Waals surface area contributed by atoms with Gasteiger partial charge in [-0.2, -0.15) is 0 Å². The number of benzene rings is 1. The Hall–Kier alpha value is -0.970. The molecule has 1 rings (SSSR count). The Bertz CT molecular complexity index is 462. The zero-order chi connectivity index (χ0) is 14.6. The summed E-state index contributed by atoms with van der Waals surface area (Å²) >= 11 is 6.10. The van der Waals surface area contributed by atoms with Gasteiger partial charge in [-0.15, -0.1) is 12.4 Å². The molecule has 0 aromatic heterocycles. The van der Waals surface area contributed by atoms with Gasteiger partial charge in [0.1, 0.15) is 5.75 Å². The van der Waals surface area contributed by atoms with E-state index in [1.807, 2.05) is 13.8 Å². The molecule has 0 aliphatic carbocycles. The summed E-state index contributed by atoms with van der Waals surface area (Å²) in [5, 5.41) is 3.27. The number of halogens is 2. The quantitative estimate of drug-likeness (QED) is 0.873. The summed E-state index contributed by atoms with van der Waals surface area (Å²) in [7, 11) is 0. The summed E-state index contributed by atoms with van der Waals surface area (Å²) in [5.41, 5.74) is 5.58. The zero-order valence-electron chi connectivity index (χ0n) is 12.2. The van der Waals surface area contributed by atoms with Crippen molar-refractivity contribution in [3.05, 3.63) is 23.2 Å². The standard InChI is InChI=1S/C14H21ClN2O2.ClH/c1-9(2)19-12-6-5-10(7-11(12)15)17-13(18)14(3,4)8-16;/h5-7,9H,8,16H2,1-4H3,(H,17,18);1H. The number of hydrogen-bond acceptors (Lipinski definition) is 3. The summed E-state index contributed by atoms with van der Waals surface area (Å²) in [4.78, 5) is 12.0.